The van der Waals surface area contributed by atoms with E-state index in [-0.39, 0.29) is 17.8 Å². The quantitative estimate of drug-likeness (QED) is 0.662. The minimum Gasteiger partial charge on any atom is -0.508 e. The number of phenolic OH excluding ortho intramolecular Hbond substituents is 1. The number of hydrogen-bond acceptors (Lipinski definition) is 2. The number of benzene rings is 1. The van der Waals surface area contributed by atoms with Gasteiger partial charge in [-0.05, 0) is 30.5 Å². The highest BCUT2D eigenvalue weighted by Crippen LogP contribution is 2.37. The molecule has 1 aliphatic carbocycles. The Labute approximate surface area is 71.5 Å². The molecule has 0 heterocycles. The first-order chi connectivity index (χ1) is 5.77. The Balaban J connectivity index is 2.22. The van der Waals surface area contributed by atoms with Crippen LogP contribution in [0.5, 0.6) is 5.75 Å². The van der Waals surface area contributed by atoms with Gasteiger partial charge in [0.25, 0.3) is 0 Å². The van der Waals surface area contributed by atoms with Crippen molar-refractivity contribution in [2.75, 3.05) is 0 Å². The second-order valence-corrected chi connectivity index (χ2v) is 3.35. The summed E-state index contributed by atoms with van der Waals surface area (Å²) < 4.78 is 0. The van der Waals surface area contributed by atoms with Crippen molar-refractivity contribution >= 4 is 0 Å². The van der Waals surface area contributed by atoms with E-state index in [1.807, 2.05) is 12.1 Å². The molecular weight excluding hydrogens is 152 g/mol. The summed E-state index contributed by atoms with van der Waals surface area (Å²) in [6, 6.07) is 7.14. The second kappa shape index (κ2) is 2.79. The lowest BCUT2D eigenvalue weighted by molar-refractivity contribution is 0.0660. The van der Waals surface area contributed by atoms with Crippen molar-refractivity contribution in [3.8, 4) is 5.75 Å². The van der Waals surface area contributed by atoms with E-state index in [4.69, 9.17) is 0 Å². The maximum atomic E-state index is 9.37. The van der Waals surface area contributed by atoms with E-state index >= 15 is 0 Å². The first-order valence-electron chi connectivity index (χ1n) is 4.24. The molecule has 0 spiro atoms. The Morgan fingerprint density at radius 2 is 2.08 bits per heavy atom. The van der Waals surface area contributed by atoms with Crippen LogP contribution < -0.4 is 0 Å². The Morgan fingerprint density at radius 1 is 1.25 bits per heavy atom. The van der Waals surface area contributed by atoms with E-state index in [2.05, 4.69) is 0 Å². The van der Waals surface area contributed by atoms with Crippen molar-refractivity contribution in [3.63, 3.8) is 0 Å². The third-order valence-corrected chi connectivity index (χ3v) is 2.54. The van der Waals surface area contributed by atoms with Crippen LogP contribution in [0.2, 0.25) is 0 Å². The third kappa shape index (κ3) is 1.18. The number of hydrogen-bond donors (Lipinski definition) is 2. The highest BCUT2D eigenvalue weighted by atomic mass is 16.3. The van der Waals surface area contributed by atoms with Crippen molar-refractivity contribution in [2.24, 2.45) is 0 Å². The van der Waals surface area contributed by atoms with E-state index in [0.29, 0.717) is 0 Å². The van der Waals surface area contributed by atoms with Gasteiger partial charge in [-0.3, -0.25) is 0 Å². The molecule has 0 saturated heterocycles. The largest absolute Gasteiger partial charge is 0.508 e. The highest BCUT2D eigenvalue weighted by molar-refractivity contribution is 5.31. The summed E-state index contributed by atoms with van der Waals surface area (Å²) in [6.07, 6.45) is 1.72. The van der Waals surface area contributed by atoms with E-state index < -0.39 is 0 Å². The summed E-state index contributed by atoms with van der Waals surface area (Å²) in [5.41, 5.74) is 1.05. The first kappa shape index (κ1) is 7.62. The lowest BCUT2D eigenvalue weighted by Gasteiger charge is -2.32. The predicted molar refractivity (Wildman–Crippen MR) is 46.1 cm³/mol. The van der Waals surface area contributed by atoms with Gasteiger partial charge in [0.1, 0.15) is 5.75 Å². The summed E-state index contributed by atoms with van der Waals surface area (Å²) in [5, 5.41) is 18.6. The van der Waals surface area contributed by atoms with E-state index in [1.54, 1.807) is 12.1 Å². The van der Waals surface area contributed by atoms with Gasteiger partial charge in [0.15, 0.2) is 0 Å². The maximum Gasteiger partial charge on any atom is 0.115 e. The number of phenols is 1. The molecule has 12 heavy (non-hydrogen) atoms. The zero-order chi connectivity index (χ0) is 8.55. The number of aliphatic hydroxyl groups excluding tert-OH is 1. The number of aromatic hydroxyl groups is 1. The van der Waals surface area contributed by atoms with Gasteiger partial charge in [-0.1, -0.05) is 12.1 Å². The standard InChI is InChI=1S/C10H12O2/c11-8-3-1-2-7(6-8)9-4-5-10(9)12/h1-3,6,9-12H,4-5H2. The molecule has 1 fully saturated rings. The van der Waals surface area contributed by atoms with Crippen LogP contribution in [0.25, 0.3) is 0 Å². The Hall–Kier alpha value is -1.02. The molecule has 0 amide bonds. The van der Waals surface area contributed by atoms with Crippen LogP contribution in [0.4, 0.5) is 0 Å². The Morgan fingerprint density at radius 3 is 2.58 bits per heavy atom. The molecule has 1 saturated carbocycles. The van der Waals surface area contributed by atoms with Gasteiger partial charge < -0.3 is 10.2 Å². The fourth-order valence-corrected chi connectivity index (χ4v) is 1.63. The number of rotatable bonds is 1. The molecule has 2 rings (SSSR count). The fourth-order valence-electron chi connectivity index (χ4n) is 1.63. The normalized spacial score (nSPS) is 28.1. The number of aliphatic hydroxyl groups is 1. The van der Waals surface area contributed by atoms with Gasteiger partial charge in [0.2, 0.25) is 0 Å². The second-order valence-electron chi connectivity index (χ2n) is 3.35. The average molecular weight is 164 g/mol. The van der Waals surface area contributed by atoms with Gasteiger partial charge in [0, 0.05) is 5.92 Å². The molecule has 64 valence electrons. The van der Waals surface area contributed by atoms with Gasteiger partial charge in [0.05, 0.1) is 6.10 Å². The first-order valence-corrected chi connectivity index (χ1v) is 4.24. The van der Waals surface area contributed by atoms with Crippen LogP contribution in [0.15, 0.2) is 24.3 Å². The fraction of sp³-hybridized carbons (Fsp3) is 0.400. The molecule has 2 N–H and O–H groups in total. The smallest absolute Gasteiger partial charge is 0.115 e. The SMILES string of the molecule is Oc1cccc(C2CCC2O)c1. The zero-order valence-electron chi connectivity index (χ0n) is 6.77. The minimum absolute atomic E-state index is 0.202. The van der Waals surface area contributed by atoms with Crippen molar-refractivity contribution in [1.82, 2.24) is 0 Å². The van der Waals surface area contributed by atoms with Crippen LogP contribution in [0.1, 0.15) is 24.3 Å². The molecule has 2 atom stereocenters. The molecule has 2 nitrogen and oxygen atoms in total. The topological polar surface area (TPSA) is 40.5 Å². The molecule has 0 aromatic heterocycles. The van der Waals surface area contributed by atoms with E-state index in [9.17, 15) is 10.2 Å². The van der Waals surface area contributed by atoms with Crippen molar-refractivity contribution in [2.45, 2.75) is 24.9 Å². The zero-order valence-corrected chi connectivity index (χ0v) is 6.77. The Kier molecular flexibility index (Phi) is 1.77. The summed E-state index contributed by atoms with van der Waals surface area (Å²) in [5.74, 6) is 0.531. The predicted octanol–water partition coefficient (Wildman–Crippen LogP) is 1.63. The minimum atomic E-state index is -0.202. The molecule has 2 heteroatoms. The molecular formula is C10H12O2. The van der Waals surface area contributed by atoms with E-state index in [0.717, 1.165) is 18.4 Å². The van der Waals surface area contributed by atoms with Gasteiger partial charge in [-0.15, -0.1) is 0 Å². The molecule has 1 aromatic carbocycles. The van der Waals surface area contributed by atoms with Crippen molar-refractivity contribution in [1.29, 1.82) is 0 Å². The van der Waals surface area contributed by atoms with Crippen LogP contribution in [0, 0.1) is 0 Å². The lowest BCUT2D eigenvalue weighted by atomic mass is 9.77. The van der Waals surface area contributed by atoms with E-state index in [1.165, 1.54) is 0 Å². The lowest BCUT2D eigenvalue weighted by Crippen LogP contribution is -2.28. The van der Waals surface area contributed by atoms with Crippen molar-refractivity contribution in [3.05, 3.63) is 29.8 Å². The van der Waals surface area contributed by atoms with Crippen LogP contribution in [0.3, 0.4) is 0 Å². The van der Waals surface area contributed by atoms with Gasteiger partial charge >= 0.3 is 0 Å². The molecule has 2 unspecified atom stereocenters. The van der Waals surface area contributed by atoms with Crippen molar-refractivity contribution < 1.29 is 10.2 Å². The van der Waals surface area contributed by atoms with Gasteiger partial charge in [-0.25, -0.2) is 0 Å². The summed E-state index contributed by atoms with van der Waals surface area (Å²) >= 11 is 0. The van der Waals surface area contributed by atoms with Crippen LogP contribution in [-0.2, 0) is 0 Å². The Bertz CT molecular complexity index is 283. The van der Waals surface area contributed by atoms with Crippen LogP contribution in [-0.4, -0.2) is 16.3 Å². The molecule has 0 aliphatic heterocycles. The molecule has 1 aliphatic rings. The highest BCUT2D eigenvalue weighted by Gasteiger charge is 2.29. The molecule has 1 aromatic rings. The maximum absolute atomic E-state index is 9.37. The monoisotopic (exact) mass is 164 g/mol. The molecule has 0 radical (unpaired) electrons. The summed E-state index contributed by atoms with van der Waals surface area (Å²) in [7, 11) is 0. The summed E-state index contributed by atoms with van der Waals surface area (Å²) in [6.45, 7) is 0. The third-order valence-electron chi connectivity index (χ3n) is 2.54. The molecule has 0 bridgehead atoms. The van der Waals surface area contributed by atoms with Crippen LogP contribution >= 0.6 is 0 Å². The van der Waals surface area contributed by atoms with Gasteiger partial charge in [-0.2, -0.15) is 0 Å². The summed E-state index contributed by atoms with van der Waals surface area (Å²) in [4.78, 5) is 0. The average Bonchev–Trinajstić information content (AvgIpc) is 2.02.